The molecule has 0 saturated carbocycles. The molecule has 3 heteroatoms. The zero-order chi connectivity index (χ0) is 13.9. The van der Waals surface area contributed by atoms with Crippen molar-refractivity contribution < 1.29 is 9.90 Å². The molecule has 0 fully saturated rings. The third-order valence-corrected chi connectivity index (χ3v) is 3.22. The minimum atomic E-state index is 0.255. The van der Waals surface area contributed by atoms with Crippen LogP contribution in [0.3, 0.4) is 0 Å². The van der Waals surface area contributed by atoms with Crippen molar-refractivity contribution in [1.29, 1.82) is 0 Å². The van der Waals surface area contributed by atoms with Crippen LogP contribution in [0.25, 0.3) is 16.8 Å². The fraction of sp³-hybridized carbons (Fsp3) is 0. The molecule has 0 saturated heterocycles. The normalized spacial score (nSPS) is 10.4. The van der Waals surface area contributed by atoms with Crippen LogP contribution in [0.4, 0.5) is 0 Å². The highest BCUT2D eigenvalue weighted by molar-refractivity contribution is 5.76. The molecule has 0 spiro atoms. The summed E-state index contributed by atoms with van der Waals surface area (Å²) < 4.78 is 1.99. The number of aromatic hydroxyl groups is 1. The summed E-state index contributed by atoms with van der Waals surface area (Å²) in [5.74, 6) is 0.255. The topological polar surface area (TPSA) is 42.2 Å². The Bertz CT molecular complexity index is 724. The van der Waals surface area contributed by atoms with Crippen molar-refractivity contribution in [2.24, 2.45) is 0 Å². The lowest BCUT2D eigenvalue weighted by molar-refractivity contribution is 0.112. The molecule has 0 atom stereocenters. The molecule has 1 N–H and O–H groups in total. The zero-order valence-electron chi connectivity index (χ0n) is 10.7. The van der Waals surface area contributed by atoms with Crippen molar-refractivity contribution >= 4 is 6.29 Å². The van der Waals surface area contributed by atoms with Crippen LogP contribution < -0.4 is 0 Å². The first-order chi connectivity index (χ1) is 9.76. The Labute approximate surface area is 116 Å². The number of carbonyl (C=O) groups is 1. The summed E-state index contributed by atoms with van der Waals surface area (Å²) >= 11 is 0. The predicted octanol–water partition coefficient (Wildman–Crippen LogP) is 3.66. The van der Waals surface area contributed by atoms with E-state index in [-0.39, 0.29) is 5.75 Å². The molecule has 2 aromatic carbocycles. The van der Waals surface area contributed by atoms with E-state index in [0.717, 1.165) is 23.1 Å². The molecule has 0 aliphatic heterocycles. The van der Waals surface area contributed by atoms with Gasteiger partial charge < -0.3 is 9.67 Å². The molecule has 0 radical (unpaired) electrons. The Balaban J connectivity index is 1.92. The first kappa shape index (κ1) is 12.2. The molecule has 0 aliphatic carbocycles. The smallest absolute Gasteiger partial charge is 0.150 e. The third kappa shape index (κ3) is 2.34. The number of aromatic nitrogens is 1. The highest BCUT2D eigenvalue weighted by atomic mass is 16.3. The Morgan fingerprint density at radius 3 is 2.20 bits per heavy atom. The Morgan fingerprint density at radius 1 is 0.850 bits per heavy atom. The van der Waals surface area contributed by atoms with Gasteiger partial charge in [-0.05, 0) is 41.5 Å². The summed E-state index contributed by atoms with van der Waals surface area (Å²) in [5, 5.41) is 9.30. The molecule has 3 rings (SSSR count). The summed E-state index contributed by atoms with van der Waals surface area (Å²) in [5.41, 5.74) is 3.80. The minimum Gasteiger partial charge on any atom is -0.508 e. The van der Waals surface area contributed by atoms with Gasteiger partial charge in [0.25, 0.3) is 0 Å². The van der Waals surface area contributed by atoms with E-state index in [1.807, 2.05) is 47.3 Å². The van der Waals surface area contributed by atoms with Crippen LogP contribution in [-0.4, -0.2) is 16.0 Å². The van der Waals surface area contributed by atoms with Gasteiger partial charge in [0.05, 0.1) is 0 Å². The van der Waals surface area contributed by atoms with E-state index in [1.165, 1.54) is 0 Å². The molecule has 1 heterocycles. The van der Waals surface area contributed by atoms with Gasteiger partial charge in [-0.15, -0.1) is 0 Å². The number of aldehydes is 1. The zero-order valence-corrected chi connectivity index (χ0v) is 10.7. The monoisotopic (exact) mass is 263 g/mol. The molecule has 0 bridgehead atoms. The number of nitrogens with zero attached hydrogens (tertiary/aromatic N) is 1. The molecule has 3 nitrogen and oxygen atoms in total. The Kier molecular flexibility index (Phi) is 3.09. The number of phenols is 1. The van der Waals surface area contributed by atoms with Crippen molar-refractivity contribution in [1.82, 2.24) is 4.57 Å². The average molecular weight is 263 g/mol. The molecule has 0 unspecified atom stereocenters. The molecular formula is C17H13NO2. The van der Waals surface area contributed by atoms with Gasteiger partial charge in [0.2, 0.25) is 0 Å². The third-order valence-electron chi connectivity index (χ3n) is 3.22. The maximum atomic E-state index is 10.6. The van der Waals surface area contributed by atoms with Crippen LogP contribution in [0, 0.1) is 0 Å². The lowest BCUT2D eigenvalue weighted by Gasteiger charge is -2.02. The lowest BCUT2D eigenvalue weighted by Crippen LogP contribution is -1.88. The quantitative estimate of drug-likeness (QED) is 0.733. The Hall–Kier alpha value is -2.81. The van der Waals surface area contributed by atoms with Crippen LogP contribution in [-0.2, 0) is 0 Å². The number of benzene rings is 2. The van der Waals surface area contributed by atoms with Gasteiger partial charge in [-0.25, -0.2) is 0 Å². The summed E-state index contributed by atoms with van der Waals surface area (Å²) in [6, 6.07) is 16.5. The molecule has 20 heavy (non-hydrogen) atoms. The highest BCUT2D eigenvalue weighted by Gasteiger charge is 2.02. The van der Waals surface area contributed by atoms with E-state index in [2.05, 4.69) is 0 Å². The number of rotatable bonds is 3. The summed E-state index contributed by atoms with van der Waals surface area (Å²) in [7, 11) is 0. The number of hydrogen-bond donors (Lipinski definition) is 1. The van der Waals surface area contributed by atoms with E-state index in [9.17, 15) is 9.90 Å². The fourth-order valence-electron chi connectivity index (χ4n) is 2.11. The van der Waals surface area contributed by atoms with E-state index < -0.39 is 0 Å². The van der Waals surface area contributed by atoms with Crippen molar-refractivity contribution in [2.75, 3.05) is 0 Å². The SMILES string of the molecule is O=Cc1ccc(-c2ccn(-c3ccc(O)cc3)c2)cc1. The predicted molar refractivity (Wildman–Crippen MR) is 78.3 cm³/mol. The summed E-state index contributed by atoms with van der Waals surface area (Å²) in [6.07, 6.45) is 4.82. The van der Waals surface area contributed by atoms with Crippen LogP contribution in [0.15, 0.2) is 67.0 Å². The molecule has 1 aromatic heterocycles. The molecule has 3 aromatic rings. The van der Waals surface area contributed by atoms with Gasteiger partial charge in [0, 0.05) is 23.6 Å². The standard InChI is InChI=1S/C17H13NO2/c19-12-13-1-3-14(4-2-13)15-9-10-18(11-15)16-5-7-17(20)8-6-16/h1-12,20H. The van der Waals surface area contributed by atoms with Gasteiger partial charge in [-0.1, -0.05) is 24.3 Å². The minimum absolute atomic E-state index is 0.255. The van der Waals surface area contributed by atoms with Gasteiger partial charge in [-0.3, -0.25) is 4.79 Å². The van der Waals surface area contributed by atoms with Gasteiger partial charge in [0.1, 0.15) is 12.0 Å². The summed E-state index contributed by atoms with van der Waals surface area (Å²) in [6.45, 7) is 0. The van der Waals surface area contributed by atoms with Crippen molar-refractivity contribution in [3.05, 3.63) is 72.6 Å². The maximum absolute atomic E-state index is 10.6. The van der Waals surface area contributed by atoms with Gasteiger partial charge in [-0.2, -0.15) is 0 Å². The summed E-state index contributed by atoms with van der Waals surface area (Å²) in [4.78, 5) is 10.6. The molecule has 0 amide bonds. The van der Waals surface area contributed by atoms with Gasteiger partial charge >= 0.3 is 0 Å². The second-order valence-electron chi connectivity index (χ2n) is 4.56. The number of hydrogen-bond acceptors (Lipinski definition) is 2. The van der Waals surface area contributed by atoms with Crippen LogP contribution in [0.5, 0.6) is 5.75 Å². The average Bonchev–Trinajstić information content (AvgIpc) is 2.98. The molecule has 98 valence electrons. The largest absolute Gasteiger partial charge is 0.508 e. The second-order valence-corrected chi connectivity index (χ2v) is 4.56. The van der Waals surface area contributed by atoms with Crippen molar-refractivity contribution in [3.8, 4) is 22.6 Å². The van der Waals surface area contributed by atoms with Crippen LogP contribution in [0.1, 0.15) is 10.4 Å². The number of phenolic OH excluding ortho intramolecular Hbond substituents is 1. The van der Waals surface area contributed by atoms with Crippen molar-refractivity contribution in [3.63, 3.8) is 0 Å². The first-order valence-corrected chi connectivity index (χ1v) is 6.29. The Morgan fingerprint density at radius 2 is 1.55 bits per heavy atom. The van der Waals surface area contributed by atoms with E-state index in [0.29, 0.717) is 5.56 Å². The van der Waals surface area contributed by atoms with E-state index in [4.69, 9.17) is 0 Å². The number of carbonyl (C=O) groups excluding carboxylic acids is 1. The van der Waals surface area contributed by atoms with Crippen LogP contribution in [0.2, 0.25) is 0 Å². The fourth-order valence-corrected chi connectivity index (χ4v) is 2.11. The van der Waals surface area contributed by atoms with Crippen LogP contribution >= 0.6 is 0 Å². The second kappa shape index (κ2) is 5.05. The first-order valence-electron chi connectivity index (χ1n) is 6.29. The maximum Gasteiger partial charge on any atom is 0.150 e. The van der Waals surface area contributed by atoms with Gasteiger partial charge in [0.15, 0.2) is 0 Å². The van der Waals surface area contributed by atoms with E-state index >= 15 is 0 Å². The lowest BCUT2D eigenvalue weighted by atomic mass is 10.1. The molecule has 0 aliphatic rings. The van der Waals surface area contributed by atoms with Crippen molar-refractivity contribution in [2.45, 2.75) is 0 Å². The highest BCUT2D eigenvalue weighted by Crippen LogP contribution is 2.22. The van der Waals surface area contributed by atoms with E-state index in [1.54, 1.807) is 24.3 Å². The molecular weight excluding hydrogens is 250 g/mol.